The molecule has 174 valence electrons. The van der Waals surface area contributed by atoms with Crippen molar-refractivity contribution in [3.05, 3.63) is 99.4 Å². The lowest BCUT2D eigenvalue weighted by atomic mass is 9.97. The van der Waals surface area contributed by atoms with Gasteiger partial charge in [-0.1, -0.05) is 35.3 Å². The van der Waals surface area contributed by atoms with Crippen molar-refractivity contribution in [2.75, 3.05) is 6.54 Å². The van der Waals surface area contributed by atoms with Gasteiger partial charge in [-0.25, -0.2) is 13.3 Å². The Morgan fingerprint density at radius 3 is 2.53 bits per heavy atom. The van der Waals surface area contributed by atoms with Crippen molar-refractivity contribution in [2.45, 2.75) is 12.8 Å². The van der Waals surface area contributed by atoms with E-state index in [0.717, 1.165) is 22.6 Å². The molecule has 1 heterocycles. The highest BCUT2D eigenvalue weighted by molar-refractivity contribution is 7.77. The number of carbonyl (C=O) groups excluding carboxylic acids is 1. The molecular weight excluding hydrogens is 498 g/mol. The van der Waals surface area contributed by atoms with Gasteiger partial charge in [0.1, 0.15) is 5.82 Å². The molecule has 9 heteroatoms. The number of aryl methyl sites for hydroxylation is 1. The summed E-state index contributed by atoms with van der Waals surface area (Å²) in [4.78, 5) is 17.7. The molecule has 0 saturated heterocycles. The molecule has 3 aromatic carbocycles. The van der Waals surface area contributed by atoms with Crippen LogP contribution in [0.2, 0.25) is 10.0 Å². The summed E-state index contributed by atoms with van der Waals surface area (Å²) in [6.07, 6.45) is 2.54. The predicted octanol–water partition coefficient (Wildman–Crippen LogP) is 6.24. The summed E-state index contributed by atoms with van der Waals surface area (Å²) in [6, 6.07) is 16.8. The van der Waals surface area contributed by atoms with Gasteiger partial charge >= 0.3 is 0 Å². The van der Waals surface area contributed by atoms with Gasteiger partial charge in [0, 0.05) is 39.8 Å². The molecule has 4 rings (SSSR count). The van der Waals surface area contributed by atoms with Crippen LogP contribution in [-0.2, 0) is 17.7 Å². The third-order valence-electron chi connectivity index (χ3n) is 5.33. The molecule has 0 spiro atoms. The quantitative estimate of drug-likeness (QED) is 0.165. The van der Waals surface area contributed by atoms with Crippen molar-refractivity contribution in [2.24, 2.45) is 0 Å². The monoisotopic (exact) mass is 516 g/mol. The molecule has 0 radical (unpaired) electrons. The van der Waals surface area contributed by atoms with Gasteiger partial charge in [0.2, 0.25) is 11.3 Å². The van der Waals surface area contributed by atoms with Gasteiger partial charge < -0.3 is 0 Å². The van der Waals surface area contributed by atoms with Crippen LogP contribution in [0.3, 0.4) is 0 Å². The van der Waals surface area contributed by atoms with Gasteiger partial charge in [0.25, 0.3) is 0 Å². The molecule has 1 atom stereocenters. The van der Waals surface area contributed by atoms with E-state index in [1.807, 2.05) is 18.2 Å². The van der Waals surface area contributed by atoms with E-state index in [2.05, 4.69) is 9.71 Å². The normalized spacial score (nSPS) is 12.1. The minimum atomic E-state index is -2.12. The second-order valence-corrected chi connectivity index (χ2v) is 9.24. The molecule has 0 amide bonds. The van der Waals surface area contributed by atoms with Crippen LogP contribution in [0.15, 0.2) is 66.9 Å². The summed E-state index contributed by atoms with van der Waals surface area (Å²) >= 11 is 10.3. The van der Waals surface area contributed by atoms with E-state index in [-0.39, 0.29) is 17.1 Å². The van der Waals surface area contributed by atoms with Crippen molar-refractivity contribution in [3.8, 4) is 11.1 Å². The fourth-order valence-electron chi connectivity index (χ4n) is 3.66. The van der Waals surface area contributed by atoms with Crippen molar-refractivity contribution in [1.82, 2.24) is 9.71 Å². The zero-order valence-electron chi connectivity index (χ0n) is 17.7. The number of nitrogens with zero attached hydrogens (tertiary/aromatic N) is 1. The second kappa shape index (κ2) is 10.7. The van der Waals surface area contributed by atoms with Gasteiger partial charge in [-0.3, -0.25) is 14.3 Å². The number of carbonyl (C=O) groups is 1. The van der Waals surface area contributed by atoms with Crippen molar-refractivity contribution in [1.29, 1.82) is 0 Å². The van der Waals surface area contributed by atoms with E-state index in [1.165, 1.54) is 6.07 Å². The van der Waals surface area contributed by atoms with Crippen LogP contribution in [0.25, 0.3) is 22.0 Å². The van der Waals surface area contributed by atoms with Crippen molar-refractivity contribution >= 4 is 51.2 Å². The van der Waals surface area contributed by atoms with Gasteiger partial charge in [-0.15, -0.1) is 0 Å². The lowest BCUT2D eigenvalue weighted by Gasteiger charge is -2.11. The molecule has 0 aliphatic rings. The van der Waals surface area contributed by atoms with Gasteiger partial charge in [-0.2, -0.15) is 0 Å². The molecule has 0 saturated carbocycles. The molecule has 0 bridgehead atoms. The lowest BCUT2D eigenvalue weighted by Crippen LogP contribution is -2.18. The number of ketones is 1. The van der Waals surface area contributed by atoms with Crippen LogP contribution in [0.4, 0.5) is 4.39 Å². The van der Waals surface area contributed by atoms with E-state index in [1.54, 1.807) is 36.5 Å². The average molecular weight is 517 g/mol. The Bertz CT molecular complexity index is 1400. The summed E-state index contributed by atoms with van der Waals surface area (Å²) in [6.45, 7) is 0.243. The molecule has 5 nitrogen and oxygen atoms in total. The van der Waals surface area contributed by atoms with Crippen LogP contribution in [0.5, 0.6) is 0 Å². The summed E-state index contributed by atoms with van der Waals surface area (Å²) < 4.78 is 36.1. The van der Waals surface area contributed by atoms with Crippen LogP contribution in [0.1, 0.15) is 27.9 Å². The summed E-state index contributed by atoms with van der Waals surface area (Å²) in [5.74, 6) is -0.979. The zero-order chi connectivity index (χ0) is 24.2. The maximum Gasteiger partial charge on any atom is 0.231 e. The lowest BCUT2D eigenvalue weighted by molar-refractivity contribution is 0.103. The number of halogens is 3. The molecule has 34 heavy (non-hydrogen) atoms. The molecule has 0 fully saturated rings. The van der Waals surface area contributed by atoms with E-state index in [0.29, 0.717) is 34.5 Å². The largest absolute Gasteiger partial charge is 0.294 e. The maximum atomic E-state index is 14.3. The number of nitrogens with one attached hydrogen (secondary N) is 1. The standard InChI is InChI=1S/C25H19Cl2FN2O3S/c26-20-6-3-15(4-7-20)19-11-18-10-17(5-8-23(18)29-14-19)25(31)22-13-21(28)12-16(24(22)27)2-1-9-30-34(32)33/h3-8,10-14,30H,1-2,9H2,(H,32,33). The Kier molecular flexibility index (Phi) is 7.70. The van der Waals surface area contributed by atoms with Gasteiger partial charge in [0.05, 0.1) is 10.5 Å². The summed E-state index contributed by atoms with van der Waals surface area (Å²) in [7, 11) is 0. The highest BCUT2D eigenvalue weighted by atomic mass is 35.5. The summed E-state index contributed by atoms with van der Waals surface area (Å²) in [5.41, 5.74) is 3.41. The number of rotatable bonds is 8. The van der Waals surface area contributed by atoms with E-state index >= 15 is 0 Å². The van der Waals surface area contributed by atoms with Crippen LogP contribution < -0.4 is 4.72 Å². The Morgan fingerprint density at radius 2 is 1.79 bits per heavy atom. The smallest absolute Gasteiger partial charge is 0.231 e. The number of hydrogen-bond acceptors (Lipinski definition) is 3. The Hall–Kier alpha value is -2.68. The van der Waals surface area contributed by atoms with E-state index < -0.39 is 22.9 Å². The van der Waals surface area contributed by atoms with Gasteiger partial charge in [0.15, 0.2) is 5.78 Å². The van der Waals surface area contributed by atoms with Crippen molar-refractivity contribution in [3.63, 3.8) is 0 Å². The first-order valence-corrected chi connectivity index (χ1v) is 12.2. The van der Waals surface area contributed by atoms with E-state index in [9.17, 15) is 13.4 Å². The molecule has 1 unspecified atom stereocenters. The fourth-order valence-corrected chi connectivity index (χ4v) is 4.39. The Morgan fingerprint density at radius 1 is 1.03 bits per heavy atom. The molecule has 2 N–H and O–H groups in total. The Balaban J connectivity index is 1.64. The number of aromatic nitrogens is 1. The highest BCUT2D eigenvalue weighted by Crippen LogP contribution is 2.29. The fraction of sp³-hybridized carbons (Fsp3) is 0.120. The minimum absolute atomic E-state index is 0.0662. The second-order valence-electron chi connectivity index (χ2n) is 7.64. The van der Waals surface area contributed by atoms with Gasteiger partial charge in [-0.05, 0) is 72.5 Å². The van der Waals surface area contributed by atoms with Crippen LogP contribution in [-0.4, -0.2) is 26.1 Å². The molecule has 4 aromatic rings. The topological polar surface area (TPSA) is 79.3 Å². The molecule has 0 aliphatic carbocycles. The third-order valence-corrected chi connectivity index (χ3v) is 6.48. The maximum absolute atomic E-state index is 14.3. The number of benzene rings is 3. The number of pyridine rings is 1. The van der Waals surface area contributed by atoms with Crippen molar-refractivity contribution < 1.29 is 17.9 Å². The number of fused-ring (bicyclic) bond motifs is 1. The molecule has 0 aliphatic heterocycles. The summed E-state index contributed by atoms with van der Waals surface area (Å²) in [5, 5.41) is 1.56. The van der Waals surface area contributed by atoms with Crippen LogP contribution >= 0.6 is 23.2 Å². The van der Waals surface area contributed by atoms with E-state index in [4.69, 9.17) is 27.8 Å². The SMILES string of the molecule is O=C(c1ccc2ncc(-c3ccc(Cl)cc3)cc2c1)c1cc(F)cc(CCCNS(=O)O)c1Cl. The number of hydrogen-bond donors (Lipinski definition) is 2. The highest BCUT2D eigenvalue weighted by Gasteiger charge is 2.18. The molecule has 1 aromatic heterocycles. The molecular formula is C25H19Cl2FN2O3S. The first kappa shape index (κ1) is 24.4. The average Bonchev–Trinajstić information content (AvgIpc) is 2.82. The van der Waals surface area contributed by atoms with Crippen LogP contribution in [0, 0.1) is 5.82 Å². The first-order valence-electron chi connectivity index (χ1n) is 10.3. The predicted molar refractivity (Wildman–Crippen MR) is 134 cm³/mol. The Labute approximate surface area is 208 Å². The first-order chi connectivity index (χ1) is 16.3. The minimum Gasteiger partial charge on any atom is -0.294 e. The zero-order valence-corrected chi connectivity index (χ0v) is 20.1. The third kappa shape index (κ3) is 5.68.